The molecule has 72 valence electrons. The molecule has 0 saturated carbocycles. The molecule has 0 saturated heterocycles. The molecule has 3 heteroatoms. The summed E-state index contributed by atoms with van der Waals surface area (Å²) in [4.78, 5) is 0. The second kappa shape index (κ2) is 3.32. The Hall–Kier alpha value is -1.53. The zero-order chi connectivity index (χ0) is 10.1. The van der Waals surface area contributed by atoms with E-state index in [9.17, 15) is 0 Å². The molecule has 1 aliphatic rings. The Morgan fingerprint density at radius 1 is 1.57 bits per heavy atom. The van der Waals surface area contributed by atoms with E-state index in [1.165, 1.54) is 0 Å². The van der Waals surface area contributed by atoms with Crippen molar-refractivity contribution in [1.82, 2.24) is 0 Å². The highest BCUT2D eigenvalue weighted by atomic mass is 16.5. The van der Waals surface area contributed by atoms with E-state index in [2.05, 4.69) is 6.07 Å². The van der Waals surface area contributed by atoms with Gasteiger partial charge in [0.25, 0.3) is 0 Å². The second-order valence-electron chi connectivity index (χ2n) is 3.51. The van der Waals surface area contributed by atoms with Gasteiger partial charge < -0.3 is 10.5 Å². The van der Waals surface area contributed by atoms with Gasteiger partial charge in [0.05, 0.1) is 18.7 Å². The van der Waals surface area contributed by atoms with Crippen molar-refractivity contribution in [2.24, 2.45) is 5.73 Å². The van der Waals surface area contributed by atoms with Crippen molar-refractivity contribution in [2.75, 3.05) is 7.11 Å². The van der Waals surface area contributed by atoms with Crippen LogP contribution in [0.25, 0.3) is 0 Å². The van der Waals surface area contributed by atoms with Crippen LogP contribution in [-0.4, -0.2) is 7.11 Å². The molecule has 0 aromatic heterocycles. The third-order valence-electron chi connectivity index (χ3n) is 2.67. The van der Waals surface area contributed by atoms with Crippen LogP contribution >= 0.6 is 0 Å². The standard InChI is InChI=1S/C11H12N2O/c1-14-10-5-7(6-12)4-8-2-3-9(13)11(8)10/h4-5,9H,2-3,13H2,1H3/t9-/m0/s1. The number of nitrogens with zero attached hydrogens (tertiary/aromatic N) is 1. The Morgan fingerprint density at radius 2 is 2.36 bits per heavy atom. The van der Waals surface area contributed by atoms with Gasteiger partial charge in [-0.05, 0) is 30.5 Å². The van der Waals surface area contributed by atoms with Crippen LogP contribution in [-0.2, 0) is 6.42 Å². The summed E-state index contributed by atoms with van der Waals surface area (Å²) in [5.41, 5.74) is 8.84. The van der Waals surface area contributed by atoms with E-state index < -0.39 is 0 Å². The number of rotatable bonds is 1. The summed E-state index contributed by atoms with van der Waals surface area (Å²) in [6.07, 6.45) is 1.89. The normalized spacial score (nSPS) is 18.8. The molecule has 1 aliphatic carbocycles. The molecular weight excluding hydrogens is 176 g/mol. The van der Waals surface area contributed by atoms with Gasteiger partial charge in [0.2, 0.25) is 0 Å². The van der Waals surface area contributed by atoms with Crippen LogP contribution in [0.3, 0.4) is 0 Å². The third-order valence-corrected chi connectivity index (χ3v) is 2.67. The van der Waals surface area contributed by atoms with E-state index in [0.29, 0.717) is 5.56 Å². The van der Waals surface area contributed by atoms with E-state index in [1.54, 1.807) is 13.2 Å². The molecule has 1 atom stereocenters. The lowest BCUT2D eigenvalue weighted by Crippen LogP contribution is -2.07. The average Bonchev–Trinajstić information content (AvgIpc) is 2.59. The first-order valence-corrected chi connectivity index (χ1v) is 4.62. The van der Waals surface area contributed by atoms with Gasteiger partial charge in [-0.15, -0.1) is 0 Å². The molecule has 3 nitrogen and oxygen atoms in total. The molecule has 14 heavy (non-hydrogen) atoms. The van der Waals surface area contributed by atoms with E-state index in [4.69, 9.17) is 15.7 Å². The maximum atomic E-state index is 8.82. The minimum absolute atomic E-state index is 0.0627. The first-order chi connectivity index (χ1) is 6.76. The molecule has 0 bridgehead atoms. The van der Waals surface area contributed by atoms with Gasteiger partial charge in [0.15, 0.2) is 0 Å². The molecule has 1 aromatic carbocycles. The highest BCUT2D eigenvalue weighted by Gasteiger charge is 2.23. The summed E-state index contributed by atoms with van der Waals surface area (Å²) in [5.74, 6) is 0.754. The van der Waals surface area contributed by atoms with Gasteiger partial charge in [-0.25, -0.2) is 0 Å². The van der Waals surface area contributed by atoms with E-state index in [0.717, 1.165) is 29.7 Å². The van der Waals surface area contributed by atoms with Gasteiger partial charge in [0.1, 0.15) is 5.75 Å². The molecule has 0 unspecified atom stereocenters. The molecule has 2 N–H and O–H groups in total. The molecule has 0 spiro atoms. The molecule has 0 heterocycles. The lowest BCUT2D eigenvalue weighted by Gasteiger charge is -2.11. The summed E-state index contributed by atoms with van der Waals surface area (Å²) in [6.45, 7) is 0. The number of hydrogen-bond donors (Lipinski definition) is 1. The average molecular weight is 188 g/mol. The Kier molecular flexibility index (Phi) is 2.14. The first-order valence-electron chi connectivity index (χ1n) is 4.62. The first kappa shape index (κ1) is 9.04. The molecule has 0 radical (unpaired) electrons. The van der Waals surface area contributed by atoms with Crippen molar-refractivity contribution >= 4 is 0 Å². The van der Waals surface area contributed by atoms with Gasteiger partial charge in [0, 0.05) is 11.6 Å². The highest BCUT2D eigenvalue weighted by Crippen LogP contribution is 2.37. The van der Waals surface area contributed by atoms with Crippen LogP contribution in [0.5, 0.6) is 5.75 Å². The topological polar surface area (TPSA) is 59.0 Å². The maximum absolute atomic E-state index is 8.82. The number of nitrogens with two attached hydrogens (primary N) is 1. The molecule has 0 amide bonds. The number of benzene rings is 1. The van der Waals surface area contributed by atoms with E-state index in [1.807, 2.05) is 6.07 Å². The minimum atomic E-state index is 0.0627. The number of methoxy groups -OCH3 is 1. The van der Waals surface area contributed by atoms with Crippen LogP contribution in [0.4, 0.5) is 0 Å². The fraction of sp³-hybridized carbons (Fsp3) is 0.364. The van der Waals surface area contributed by atoms with Gasteiger partial charge in [-0.2, -0.15) is 5.26 Å². The van der Waals surface area contributed by atoms with Crippen LogP contribution < -0.4 is 10.5 Å². The Bertz CT molecular complexity index is 406. The number of aryl methyl sites for hydroxylation is 1. The summed E-state index contributed by atoms with van der Waals surface area (Å²) >= 11 is 0. The van der Waals surface area contributed by atoms with Crippen molar-refractivity contribution in [3.63, 3.8) is 0 Å². The molecule has 0 aliphatic heterocycles. The zero-order valence-electron chi connectivity index (χ0n) is 8.08. The summed E-state index contributed by atoms with van der Waals surface area (Å²) in [5, 5.41) is 8.82. The summed E-state index contributed by atoms with van der Waals surface area (Å²) in [7, 11) is 1.61. The summed E-state index contributed by atoms with van der Waals surface area (Å²) < 4.78 is 5.24. The number of hydrogen-bond acceptors (Lipinski definition) is 3. The lowest BCUT2D eigenvalue weighted by atomic mass is 10.0. The predicted molar refractivity (Wildman–Crippen MR) is 53.0 cm³/mol. The maximum Gasteiger partial charge on any atom is 0.125 e. The number of nitriles is 1. The number of fused-ring (bicyclic) bond motifs is 1. The van der Waals surface area contributed by atoms with E-state index >= 15 is 0 Å². The fourth-order valence-electron chi connectivity index (χ4n) is 2.00. The molecule has 0 fully saturated rings. The largest absolute Gasteiger partial charge is 0.496 e. The predicted octanol–water partition coefficient (Wildman–Crippen LogP) is 1.51. The Balaban J connectivity index is 2.60. The molecule has 2 rings (SSSR count). The highest BCUT2D eigenvalue weighted by molar-refractivity contribution is 5.51. The molecule has 1 aromatic rings. The van der Waals surface area contributed by atoms with Crippen molar-refractivity contribution in [3.05, 3.63) is 28.8 Å². The van der Waals surface area contributed by atoms with Gasteiger partial charge in [-0.3, -0.25) is 0 Å². The summed E-state index contributed by atoms with van der Waals surface area (Å²) in [6, 6.07) is 5.85. The van der Waals surface area contributed by atoms with E-state index in [-0.39, 0.29) is 6.04 Å². The third kappa shape index (κ3) is 1.24. The van der Waals surface area contributed by atoms with Crippen LogP contribution in [0, 0.1) is 11.3 Å². The monoisotopic (exact) mass is 188 g/mol. The second-order valence-corrected chi connectivity index (χ2v) is 3.51. The molecular formula is C11H12N2O. The quantitative estimate of drug-likeness (QED) is 0.726. The van der Waals surface area contributed by atoms with Crippen LogP contribution in [0.15, 0.2) is 12.1 Å². The lowest BCUT2D eigenvalue weighted by molar-refractivity contribution is 0.407. The number of ether oxygens (including phenoxy) is 1. The van der Waals surface area contributed by atoms with Crippen molar-refractivity contribution in [3.8, 4) is 11.8 Å². The Labute approximate surface area is 83.1 Å². The van der Waals surface area contributed by atoms with Crippen molar-refractivity contribution in [2.45, 2.75) is 18.9 Å². The van der Waals surface area contributed by atoms with Crippen LogP contribution in [0.2, 0.25) is 0 Å². The van der Waals surface area contributed by atoms with Crippen LogP contribution in [0.1, 0.15) is 29.2 Å². The smallest absolute Gasteiger partial charge is 0.125 e. The van der Waals surface area contributed by atoms with Gasteiger partial charge >= 0.3 is 0 Å². The van der Waals surface area contributed by atoms with Crippen molar-refractivity contribution < 1.29 is 4.74 Å². The SMILES string of the molecule is COc1cc(C#N)cc2c1[C@@H](N)CC2. The Morgan fingerprint density at radius 3 is 3.00 bits per heavy atom. The zero-order valence-corrected chi connectivity index (χ0v) is 8.08. The van der Waals surface area contributed by atoms with Gasteiger partial charge in [-0.1, -0.05) is 0 Å². The minimum Gasteiger partial charge on any atom is -0.496 e. The fourth-order valence-corrected chi connectivity index (χ4v) is 2.00. The van der Waals surface area contributed by atoms with Crippen molar-refractivity contribution in [1.29, 1.82) is 5.26 Å².